The van der Waals surface area contributed by atoms with Crippen LogP contribution in [-0.2, 0) is 4.79 Å². The van der Waals surface area contributed by atoms with Crippen LogP contribution in [0.4, 0.5) is 15.8 Å². The number of nitro benzene ring substituents is 1. The number of nitro groups is 1. The van der Waals surface area contributed by atoms with Gasteiger partial charge in [0.1, 0.15) is 0 Å². The van der Waals surface area contributed by atoms with Crippen molar-refractivity contribution in [3.8, 4) is 0 Å². The molecule has 0 aliphatic carbocycles. The van der Waals surface area contributed by atoms with E-state index in [-0.39, 0.29) is 11.8 Å². The van der Waals surface area contributed by atoms with Gasteiger partial charge < -0.3 is 4.90 Å². The standard InChI is InChI=1S/C11H10ClFN2O3/c12-5-7-3-11(16)14(6-7)8-1-2-10(15(17)18)9(13)4-8/h1-2,4,7H,3,5-6H2. The number of nitrogens with zero attached hydrogens (tertiary/aromatic N) is 2. The van der Waals surface area contributed by atoms with Crippen molar-refractivity contribution in [2.24, 2.45) is 5.92 Å². The zero-order chi connectivity index (χ0) is 13.3. The van der Waals surface area contributed by atoms with E-state index in [0.29, 0.717) is 24.5 Å². The van der Waals surface area contributed by atoms with Crippen LogP contribution in [0.5, 0.6) is 0 Å². The van der Waals surface area contributed by atoms with E-state index in [2.05, 4.69) is 0 Å². The van der Waals surface area contributed by atoms with Gasteiger partial charge >= 0.3 is 5.69 Å². The molecule has 96 valence electrons. The van der Waals surface area contributed by atoms with Crippen molar-refractivity contribution in [1.82, 2.24) is 0 Å². The summed E-state index contributed by atoms with van der Waals surface area (Å²) in [5.41, 5.74) is -0.269. The van der Waals surface area contributed by atoms with Gasteiger partial charge in [0.25, 0.3) is 0 Å². The summed E-state index contributed by atoms with van der Waals surface area (Å²) in [7, 11) is 0. The number of carbonyl (C=O) groups is 1. The molecular weight excluding hydrogens is 263 g/mol. The molecule has 2 rings (SSSR count). The lowest BCUT2D eigenvalue weighted by molar-refractivity contribution is -0.387. The molecule has 1 saturated heterocycles. The van der Waals surface area contributed by atoms with Gasteiger partial charge in [0.2, 0.25) is 11.7 Å². The Morgan fingerprint density at radius 3 is 2.78 bits per heavy atom. The molecule has 1 amide bonds. The van der Waals surface area contributed by atoms with Gasteiger partial charge in [-0.2, -0.15) is 4.39 Å². The molecule has 7 heteroatoms. The van der Waals surface area contributed by atoms with Gasteiger partial charge in [0, 0.05) is 36.7 Å². The molecule has 0 N–H and O–H groups in total. The average molecular weight is 273 g/mol. The van der Waals surface area contributed by atoms with Crippen LogP contribution in [0.15, 0.2) is 18.2 Å². The molecule has 1 aliphatic heterocycles. The van der Waals surface area contributed by atoms with Crippen LogP contribution in [0, 0.1) is 21.8 Å². The minimum absolute atomic E-state index is 0.0393. The lowest BCUT2D eigenvalue weighted by atomic mass is 10.1. The van der Waals surface area contributed by atoms with Gasteiger partial charge in [-0.3, -0.25) is 14.9 Å². The van der Waals surface area contributed by atoms with Crippen molar-refractivity contribution < 1.29 is 14.1 Å². The number of amides is 1. The molecular formula is C11H10ClFN2O3. The number of carbonyl (C=O) groups excluding carboxylic acids is 1. The summed E-state index contributed by atoms with van der Waals surface area (Å²) < 4.78 is 13.5. The first-order valence-electron chi connectivity index (χ1n) is 5.33. The Hall–Kier alpha value is -1.69. The predicted molar refractivity (Wildman–Crippen MR) is 64.2 cm³/mol. The molecule has 1 unspecified atom stereocenters. The summed E-state index contributed by atoms with van der Waals surface area (Å²) in [4.78, 5) is 22.8. The largest absolute Gasteiger partial charge is 0.312 e. The summed E-state index contributed by atoms with van der Waals surface area (Å²) in [6, 6.07) is 3.44. The number of rotatable bonds is 3. The van der Waals surface area contributed by atoms with E-state index in [4.69, 9.17) is 11.6 Å². The average Bonchev–Trinajstić information content (AvgIpc) is 2.70. The Balaban J connectivity index is 2.27. The van der Waals surface area contributed by atoms with E-state index in [1.165, 1.54) is 11.0 Å². The first-order chi connectivity index (χ1) is 8.52. The number of hydrogen-bond acceptors (Lipinski definition) is 3. The second-order valence-electron chi connectivity index (χ2n) is 4.12. The van der Waals surface area contributed by atoms with Gasteiger partial charge in [-0.15, -0.1) is 11.6 Å². The molecule has 0 spiro atoms. The maximum atomic E-state index is 13.5. The highest BCUT2D eigenvalue weighted by molar-refractivity contribution is 6.18. The minimum atomic E-state index is -0.945. The number of hydrogen-bond donors (Lipinski definition) is 0. The van der Waals surface area contributed by atoms with Crippen LogP contribution < -0.4 is 4.90 Å². The molecule has 5 nitrogen and oxygen atoms in total. The van der Waals surface area contributed by atoms with Crippen molar-refractivity contribution in [3.63, 3.8) is 0 Å². The maximum absolute atomic E-state index is 13.5. The summed E-state index contributed by atoms with van der Waals surface area (Å²) in [6.45, 7) is 0.416. The highest BCUT2D eigenvalue weighted by Gasteiger charge is 2.30. The smallest absolute Gasteiger partial charge is 0.304 e. The SMILES string of the molecule is O=C1CC(CCl)CN1c1ccc([N+](=O)[O-])c(F)c1. The molecule has 0 saturated carbocycles. The number of halogens is 2. The van der Waals surface area contributed by atoms with Crippen LogP contribution in [0.25, 0.3) is 0 Å². The zero-order valence-corrected chi connectivity index (χ0v) is 10.1. The zero-order valence-electron chi connectivity index (χ0n) is 9.31. The van der Waals surface area contributed by atoms with E-state index in [0.717, 1.165) is 12.1 Å². The molecule has 0 bridgehead atoms. The molecule has 1 heterocycles. The quantitative estimate of drug-likeness (QED) is 0.482. The molecule has 1 aromatic carbocycles. The van der Waals surface area contributed by atoms with Gasteiger partial charge in [0.05, 0.1) is 4.92 Å². The Morgan fingerprint density at radius 1 is 1.56 bits per heavy atom. The normalized spacial score (nSPS) is 19.3. The molecule has 0 radical (unpaired) electrons. The lowest BCUT2D eigenvalue weighted by Crippen LogP contribution is -2.24. The Bertz CT molecular complexity index is 509. The topological polar surface area (TPSA) is 63.5 Å². The fourth-order valence-electron chi connectivity index (χ4n) is 1.95. The van der Waals surface area contributed by atoms with Crippen molar-refractivity contribution in [2.75, 3.05) is 17.3 Å². The first kappa shape index (κ1) is 12.8. The summed E-state index contributed by atoms with van der Waals surface area (Å²) in [5, 5.41) is 10.5. The predicted octanol–water partition coefficient (Wildman–Crippen LogP) is 2.33. The van der Waals surface area contributed by atoms with E-state index in [1.807, 2.05) is 0 Å². The van der Waals surface area contributed by atoms with Gasteiger partial charge in [-0.05, 0) is 12.0 Å². The number of anilines is 1. The summed E-state index contributed by atoms with van der Waals surface area (Å²) in [6.07, 6.45) is 0.322. The second kappa shape index (κ2) is 4.89. The van der Waals surface area contributed by atoms with Crippen LogP contribution in [0.3, 0.4) is 0 Å². The molecule has 1 aromatic rings. The summed E-state index contributed by atoms with van der Waals surface area (Å²) in [5.74, 6) is -0.691. The molecule has 1 fully saturated rings. The Morgan fingerprint density at radius 2 is 2.28 bits per heavy atom. The molecule has 1 atom stereocenters. The van der Waals surface area contributed by atoms with Crippen molar-refractivity contribution in [3.05, 3.63) is 34.1 Å². The van der Waals surface area contributed by atoms with E-state index >= 15 is 0 Å². The van der Waals surface area contributed by atoms with Crippen LogP contribution >= 0.6 is 11.6 Å². The third kappa shape index (κ3) is 2.28. The first-order valence-corrected chi connectivity index (χ1v) is 5.86. The van der Waals surface area contributed by atoms with Gasteiger partial charge in [-0.1, -0.05) is 0 Å². The Labute approximate surface area is 107 Å². The molecule has 18 heavy (non-hydrogen) atoms. The van der Waals surface area contributed by atoms with Crippen LogP contribution in [0.2, 0.25) is 0 Å². The number of alkyl halides is 1. The highest BCUT2D eigenvalue weighted by atomic mass is 35.5. The lowest BCUT2D eigenvalue weighted by Gasteiger charge is -2.16. The molecule has 0 aromatic heterocycles. The highest BCUT2D eigenvalue weighted by Crippen LogP contribution is 2.29. The van der Waals surface area contributed by atoms with Crippen molar-refractivity contribution in [1.29, 1.82) is 0 Å². The van der Waals surface area contributed by atoms with E-state index in [9.17, 15) is 19.3 Å². The maximum Gasteiger partial charge on any atom is 0.304 e. The fourth-order valence-corrected chi connectivity index (χ4v) is 2.15. The van der Waals surface area contributed by atoms with Gasteiger partial charge in [0.15, 0.2) is 0 Å². The number of benzene rings is 1. The Kier molecular flexibility index (Phi) is 3.47. The van der Waals surface area contributed by atoms with Crippen LogP contribution in [-0.4, -0.2) is 23.3 Å². The fraction of sp³-hybridized carbons (Fsp3) is 0.364. The third-order valence-corrected chi connectivity index (χ3v) is 3.30. The minimum Gasteiger partial charge on any atom is -0.312 e. The summed E-state index contributed by atoms with van der Waals surface area (Å²) >= 11 is 5.68. The van der Waals surface area contributed by atoms with E-state index < -0.39 is 16.4 Å². The van der Waals surface area contributed by atoms with Crippen molar-refractivity contribution >= 4 is 28.9 Å². The third-order valence-electron chi connectivity index (χ3n) is 2.86. The van der Waals surface area contributed by atoms with Crippen molar-refractivity contribution in [2.45, 2.75) is 6.42 Å². The van der Waals surface area contributed by atoms with Gasteiger partial charge in [-0.25, -0.2) is 0 Å². The molecule has 1 aliphatic rings. The van der Waals surface area contributed by atoms with E-state index in [1.54, 1.807) is 0 Å². The second-order valence-corrected chi connectivity index (χ2v) is 4.43. The van der Waals surface area contributed by atoms with Crippen LogP contribution in [0.1, 0.15) is 6.42 Å². The monoisotopic (exact) mass is 272 g/mol.